The summed E-state index contributed by atoms with van der Waals surface area (Å²) < 4.78 is 25.4. The molecule has 0 radical (unpaired) electrons. The third-order valence-corrected chi connectivity index (χ3v) is 1.40. The zero-order valence-corrected chi connectivity index (χ0v) is 5.99. The molecule has 0 spiro atoms. The molecule has 1 rings (SSSR count). The van der Waals surface area contributed by atoms with Crippen LogP contribution >= 0.6 is 0 Å². The van der Waals surface area contributed by atoms with E-state index in [4.69, 9.17) is 6.42 Å². The molecule has 0 saturated heterocycles. The van der Waals surface area contributed by atoms with E-state index in [1.165, 1.54) is 6.92 Å². The van der Waals surface area contributed by atoms with Crippen molar-refractivity contribution in [2.45, 2.75) is 6.92 Å². The smallest absolute Gasteiger partial charge is 0.139 e. The topological polar surface area (TPSA) is 0 Å². The van der Waals surface area contributed by atoms with Gasteiger partial charge in [0.25, 0.3) is 0 Å². The molecule has 0 unspecified atom stereocenters. The van der Waals surface area contributed by atoms with Crippen LogP contribution in [0.25, 0.3) is 0 Å². The Kier molecular flexibility index (Phi) is 1.91. The molecule has 0 aromatic heterocycles. The minimum Gasteiger partial charge on any atom is -0.207 e. The highest BCUT2D eigenvalue weighted by Crippen LogP contribution is 2.12. The fraction of sp³-hybridized carbons (Fsp3) is 0.111. The van der Waals surface area contributed by atoms with E-state index in [-0.39, 0.29) is 11.1 Å². The first kappa shape index (κ1) is 7.74. The Morgan fingerprint density at radius 1 is 1.27 bits per heavy atom. The highest BCUT2D eigenvalue weighted by Gasteiger charge is 2.03. The summed E-state index contributed by atoms with van der Waals surface area (Å²) in [6.45, 7) is 1.48. The average molecular weight is 152 g/mol. The molecule has 0 N–H and O–H groups in total. The number of aryl methyl sites for hydroxylation is 1. The fourth-order valence-corrected chi connectivity index (χ4v) is 0.757. The second kappa shape index (κ2) is 2.71. The van der Waals surface area contributed by atoms with Gasteiger partial charge in [-0.05, 0) is 24.6 Å². The van der Waals surface area contributed by atoms with E-state index in [2.05, 4.69) is 0 Å². The Morgan fingerprint density at radius 2 is 1.91 bits per heavy atom. The molecular weight excluding hydrogens is 146 g/mol. The van der Waals surface area contributed by atoms with Crippen LogP contribution in [0, 0.1) is 30.9 Å². The normalized spacial score (nSPS) is 9.27. The number of hydrogen-bond donors (Lipinski definition) is 0. The van der Waals surface area contributed by atoms with Gasteiger partial charge in [-0.3, -0.25) is 0 Å². The van der Waals surface area contributed by atoms with Gasteiger partial charge < -0.3 is 0 Å². The minimum absolute atomic E-state index is 0.0342. The second-order valence-electron chi connectivity index (χ2n) is 2.23. The van der Waals surface area contributed by atoms with Crippen molar-refractivity contribution in [3.63, 3.8) is 0 Å². The zero-order chi connectivity index (χ0) is 8.43. The van der Waals surface area contributed by atoms with Crippen LogP contribution in [-0.4, -0.2) is 0 Å². The lowest BCUT2D eigenvalue weighted by Crippen LogP contribution is -1.89. The Morgan fingerprint density at radius 3 is 2.45 bits per heavy atom. The summed E-state index contributed by atoms with van der Waals surface area (Å²) in [4.78, 5) is 0. The summed E-state index contributed by atoms with van der Waals surface area (Å²) in [5.74, 6) is 1.03. The Balaban J connectivity index is 3.35. The molecule has 0 saturated carbocycles. The van der Waals surface area contributed by atoms with Crippen LogP contribution in [0.2, 0.25) is 0 Å². The molecule has 0 atom stereocenters. The van der Waals surface area contributed by atoms with Crippen molar-refractivity contribution in [2.24, 2.45) is 0 Å². The van der Waals surface area contributed by atoms with Gasteiger partial charge in [0.2, 0.25) is 0 Å². The maximum absolute atomic E-state index is 12.7. The van der Waals surface area contributed by atoms with Gasteiger partial charge in [-0.25, -0.2) is 8.78 Å². The molecule has 56 valence electrons. The monoisotopic (exact) mass is 152 g/mol. The van der Waals surface area contributed by atoms with Gasteiger partial charge in [0, 0.05) is 0 Å². The quantitative estimate of drug-likeness (QED) is 0.500. The first-order valence-corrected chi connectivity index (χ1v) is 3.07. The van der Waals surface area contributed by atoms with Crippen LogP contribution in [0.3, 0.4) is 0 Å². The van der Waals surface area contributed by atoms with Crippen LogP contribution in [0.1, 0.15) is 11.1 Å². The van der Waals surface area contributed by atoms with E-state index in [9.17, 15) is 8.78 Å². The van der Waals surface area contributed by atoms with Crippen molar-refractivity contribution in [1.82, 2.24) is 0 Å². The third kappa shape index (κ3) is 1.38. The number of terminal acetylenes is 1. The zero-order valence-electron chi connectivity index (χ0n) is 5.99. The van der Waals surface area contributed by atoms with Gasteiger partial charge in [0.05, 0.1) is 5.56 Å². The lowest BCUT2D eigenvalue weighted by molar-refractivity contribution is 0.590. The number of hydrogen-bond acceptors (Lipinski definition) is 0. The van der Waals surface area contributed by atoms with Crippen LogP contribution < -0.4 is 0 Å². The molecular formula is C9H6F2. The predicted octanol–water partition coefficient (Wildman–Crippen LogP) is 2.25. The minimum atomic E-state index is -0.550. The van der Waals surface area contributed by atoms with Crippen LogP contribution in [0.4, 0.5) is 8.78 Å². The molecule has 1 aromatic rings. The Bertz CT molecular complexity index is 321. The van der Waals surface area contributed by atoms with Crippen LogP contribution in [0.5, 0.6) is 0 Å². The summed E-state index contributed by atoms with van der Waals surface area (Å²) in [6.07, 6.45) is 4.91. The van der Waals surface area contributed by atoms with Crippen molar-refractivity contribution in [3.05, 3.63) is 34.9 Å². The Labute approximate surface area is 63.9 Å². The van der Waals surface area contributed by atoms with Crippen molar-refractivity contribution in [3.8, 4) is 12.3 Å². The van der Waals surface area contributed by atoms with Gasteiger partial charge in [-0.2, -0.15) is 0 Å². The van der Waals surface area contributed by atoms with Crippen molar-refractivity contribution >= 4 is 0 Å². The van der Waals surface area contributed by atoms with Crippen molar-refractivity contribution in [2.75, 3.05) is 0 Å². The predicted molar refractivity (Wildman–Crippen MR) is 39.0 cm³/mol. The fourth-order valence-electron chi connectivity index (χ4n) is 0.757. The van der Waals surface area contributed by atoms with E-state index >= 15 is 0 Å². The molecule has 0 aliphatic carbocycles. The van der Waals surface area contributed by atoms with Gasteiger partial charge in [-0.15, -0.1) is 6.42 Å². The Hall–Kier alpha value is -1.36. The number of benzene rings is 1. The summed E-state index contributed by atoms with van der Waals surface area (Å²) in [5.41, 5.74) is 0.231. The van der Waals surface area contributed by atoms with E-state index in [0.717, 1.165) is 12.1 Å². The lowest BCUT2D eigenvalue weighted by atomic mass is 10.1. The lowest BCUT2D eigenvalue weighted by Gasteiger charge is -1.97. The first-order chi connectivity index (χ1) is 5.15. The molecule has 0 amide bonds. The average Bonchev–Trinajstić information content (AvgIpc) is 1.97. The molecule has 2 heteroatoms. The van der Waals surface area contributed by atoms with Crippen molar-refractivity contribution < 1.29 is 8.78 Å². The molecule has 0 nitrogen and oxygen atoms in total. The SMILES string of the molecule is C#Cc1cc(F)c(C)cc1F. The second-order valence-corrected chi connectivity index (χ2v) is 2.23. The first-order valence-electron chi connectivity index (χ1n) is 3.07. The molecule has 1 aromatic carbocycles. The van der Waals surface area contributed by atoms with E-state index in [1.807, 2.05) is 5.92 Å². The summed E-state index contributed by atoms with van der Waals surface area (Å²) >= 11 is 0. The largest absolute Gasteiger partial charge is 0.207 e. The van der Waals surface area contributed by atoms with E-state index in [0.29, 0.717) is 0 Å². The van der Waals surface area contributed by atoms with E-state index in [1.54, 1.807) is 0 Å². The molecule has 0 aliphatic rings. The maximum Gasteiger partial charge on any atom is 0.139 e. The summed E-state index contributed by atoms with van der Waals surface area (Å²) in [7, 11) is 0. The molecule has 11 heavy (non-hydrogen) atoms. The highest BCUT2D eigenvalue weighted by atomic mass is 19.1. The molecule has 0 fully saturated rings. The van der Waals surface area contributed by atoms with Gasteiger partial charge in [0.15, 0.2) is 0 Å². The van der Waals surface area contributed by atoms with Gasteiger partial charge in [0.1, 0.15) is 11.6 Å². The maximum atomic E-state index is 12.7. The number of halogens is 2. The standard InChI is InChI=1S/C9H6F2/c1-3-7-5-8(10)6(2)4-9(7)11/h1,4-5H,2H3. The summed E-state index contributed by atoms with van der Waals surface area (Å²) in [5, 5.41) is 0. The third-order valence-electron chi connectivity index (χ3n) is 1.40. The number of rotatable bonds is 0. The molecule has 0 bridgehead atoms. The molecule has 0 aliphatic heterocycles. The highest BCUT2D eigenvalue weighted by molar-refractivity contribution is 5.36. The molecule has 0 heterocycles. The van der Waals surface area contributed by atoms with Crippen molar-refractivity contribution in [1.29, 1.82) is 0 Å². The van der Waals surface area contributed by atoms with E-state index < -0.39 is 11.6 Å². The summed E-state index contributed by atoms with van der Waals surface area (Å²) in [6, 6.07) is 2.11. The van der Waals surface area contributed by atoms with Crippen LogP contribution in [-0.2, 0) is 0 Å². The van der Waals surface area contributed by atoms with Gasteiger partial charge in [-0.1, -0.05) is 5.92 Å². The van der Waals surface area contributed by atoms with Gasteiger partial charge >= 0.3 is 0 Å². The van der Waals surface area contributed by atoms with Crippen LogP contribution in [0.15, 0.2) is 12.1 Å².